The Balaban J connectivity index is 1.83. The molecule has 0 atom stereocenters. The van der Waals surface area contributed by atoms with Gasteiger partial charge in [-0.3, -0.25) is 4.79 Å². The van der Waals surface area contributed by atoms with Gasteiger partial charge in [0.05, 0.1) is 5.02 Å². The molecule has 1 aromatic carbocycles. The summed E-state index contributed by atoms with van der Waals surface area (Å²) in [6.45, 7) is -0.0312. The first-order valence-electron chi connectivity index (χ1n) is 6.02. The number of carbonyl (C=O) groups is 1. The molecule has 1 fully saturated rings. The summed E-state index contributed by atoms with van der Waals surface area (Å²) in [7, 11) is 0. The van der Waals surface area contributed by atoms with Gasteiger partial charge in [0, 0.05) is 17.1 Å². The molecule has 0 spiro atoms. The summed E-state index contributed by atoms with van der Waals surface area (Å²) >= 11 is 11.8. The molecule has 0 aliphatic heterocycles. The number of hydrogen-bond donors (Lipinski definition) is 1. The number of amides is 1. The molecule has 0 saturated heterocycles. The summed E-state index contributed by atoms with van der Waals surface area (Å²) in [5, 5.41) is 3.93. The average Bonchev–Trinajstić information content (AvgIpc) is 2.83. The van der Waals surface area contributed by atoms with E-state index in [1.807, 2.05) is 0 Å². The van der Waals surface area contributed by atoms with Crippen molar-refractivity contribution in [1.82, 2.24) is 5.32 Å². The summed E-state index contributed by atoms with van der Waals surface area (Å²) < 4.78 is 5.36. The van der Waals surface area contributed by atoms with E-state index < -0.39 is 0 Å². The van der Waals surface area contributed by atoms with Crippen LogP contribution < -0.4 is 10.1 Å². The van der Waals surface area contributed by atoms with Gasteiger partial charge in [0.2, 0.25) is 0 Å². The Bertz CT molecular complexity index is 431. The van der Waals surface area contributed by atoms with Crippen molar-refractivity contribution in [3.63, 3.8) is 0 Å². The first kappa shape index (κ1) is 13.5. The van der Waals surface area contributed by atoms with Crippen LogP contribution in [0.4, 0.5) is 0 Å². The van der Waals surface area contributed by atoms with E-state index in [0.29, 0.717) is 21.8 Å². The normalized spacial score (nSPS) is 15.7. The van der Waals surface area contributed by atoms with Gasteiger partial charge in [0.15, 0.2) is 6.61 Å². The standard InChI is InChI=1S/C13H15Cl2NO2/c14-9-5-6-11(15)12(7-9)18-8-13(17)16-10-3-1-2-4-10/h5-7,10H,1-4,8H2,(H,16,17). The van der Waals surface area contributed by atoms with Gasteiger partial charge in [0.25, 0.3) is 5.91 Å². The highest BCUT2D eigenvalue weighted by Gasteiger charge is 2.17. The lowest BCUT2D eigenvalue weighted by Crippen LogP contribution is -2.36. The molecular formula is C13H15Cl2NO2. The second-order valence-corrected chi connectivity index (χ2v) is 5.26. The number of benzene rings is 1. The number of rotatable bonds is 4. The molecule has 1 N–H and O–H groups in total. The van der Waals surface area contributed by atoms with Gasteiger partial charge in [-0.05, 0) is 25.0 Å². The van der Waals surface area contributed by atoms with Crippen LogP contribution in [0.1, 0.15) is 25.7 Å². The van der Waals surface area contributed by atoms with Crippen LogP contribution in [-0.4, -0.2) is 18.6 Å². The van der Waals surface area contributed by atoms with Gasteiger partial charge < -0.3 is 10.1 Å². The minimum absolute atomic E-state index is 0.0312. The van der Waals surface area contributed by atoms with Gasteiger partial charge in [-0.2, -0.15) is 0 Å². The monoisotopic (exact) mass is 287 g/mol. The zero-order chi connectivity index (χ0) is 13.0. The van der Waals surface area contributed by atoms with Crippen LogP contribution in [0.3, 0.4) is 0 Å². The third-order valence-electron chi connectivity index (χ3n) is 2.97. The molecule has 1 amide bonds. The molecular weight excluding hydrogens is 273 g/mol. The molecule has 0 aromatic heterocycles. The molecule has 1 aliphatic rings. The van der Waals surface area contributed by atoms with Gasteiger partial charge in [-0.25, -0.2) is 0 Å². The number of nitrogens with one attached hydrogen (secondary N) is 1. The summed E-state index contributed by atoms with van der Waals surface area (Å²) in [6.07, 6.45) is 4.49. The van der Waals surface area contributed by atoms with Crippen molar-refractivity contribution in [2.45, 2.75) is 31.7 Å². The van der Waals surface area contributed by atoms with Crippen LogP contribution in [0.2, 0.25) is 10.0 Å². The van der Waals surface area contributed by atoms with E-state index in [-0.39, 0.29) is 12.5 Å². The van der Waals surface area contributed by atoms with Crippen LogP contribution in [0.25, 0.3) is 0 Å². The van der Waals surface area contributed by atoms with E-state index in [4.69, 9.17) is 27.9 Å². The zero-order valence-electron chi connectivity index (χ0n) is 9.92. The second-order valence-electron chi connectivity index (χ2n) is 4.41. The molecule has 3 nitrogen and oxygen atoms in total. The summed E-state index contributed by atoms with van der Waals surface area (Å²) in [5.41, 5.74) is 0. The Morgan fingerprint density at radius 2 is 2.06 bits per heavy atom. The molecule has 18 heavy (non-hydrogen) atoms. The maximum absolute atomic E-state index is 11.7. The zero-order valence-corrected chi connectivity index (χ0v) is 11.4. The number of halogens is 2. The van der Waals surface area contributed by atoms with Crippen molar-refractivity contribution in [1.29, 1.82) is 0 Å². The lowest BCUT2D eigenvalue weighted by atomic mass is 10.2. The predicted molar refractivity (Wildman–Crippen MR) is 72.4 cm³/mol. The highest BCUT2D eigenvalue weighted by molar-refractivity contribution is 6.34. The Hall–Kier alpha value is -0.930. The number of carbonyl (C=O) groups excluding carboxylic acids is 1. The molecule has 2 rings (SSSR count). The first-order valence-corrected chi connectivity index (χ1v) is 6.78. The molecule has 0 radical (unpaired) electrons. The van der Waals surface area contributed by atoms with Crippen molar-refractivity contribution in [3.05, 3.63) is 28.2 Å². The molecule has 1 aliphatic carbocycles. The summed E-state index contributed by atoms with van der Waals surface area (Å²) in [4.78, 5) is 11.7. The number of hydrogen-bond acceptors (Lipinski definition) is 2. The Labute approximate surface area is 116 Å². The lowest BCUT2D eigenvalue weighted by molar-refractivity contribution is -0.123. The molecule has 1 saturated carbocycles. The SMILES string of the molecule is O=C(COc1cc(Cl)ccc1Cl)NC1CCCC1. The Kier molecular flexibility index (Phi) is 4.72. The molecule has 1 aromatic rings. The largest absolute Gasteiger partial charge is 0.482 e. The number of ether oxygens (including phenoxy) is 1. The van der Waals surface area contributed by atoms with Crippen LogP contribution in [0, 0.1) is 0 Å². The topological polar surface area (TPSA) is 38.3 Å². The van der Waals surface area contributed by atoms with E-state index >= 15 is 0 Å². The fraction of sp³-hybridized carbons (Fsp3) is 0.462. The maximum Gasteiger partial charge on any atom is 0.258 e. The lowest BCUT2D eigenvalue weighted by Gasteiger charge is -2.13. The van der Waals surface area contributed by atoms with Crippen LogP contribution in [0.15, 0.2) is 18.2 Å². The van der Waals surface area contributed by atoms with Gasteiger partial charge in [0.1, 0.15) is 5.75 Å². The Morgan fingerprint density at radius 1 is 1.33 bits per heavy atom. The van der Waals surface area contributed by atoms with E-state index in [2.05, 4.69) is 5.32 Å². The molecule has 0 bridgehead atoms. The maximum atomic E-state index is 11.7. The summed E-state index contributed by atoms with van der Waals surface area (Å²) in [5.74, 6) is 0.323. The van der Waals surface area contributed by atoms with E-state index in [9.17, 15) is 4.79 Å². The molecule has 98 valence electrons. The predicted octanol–water partition coefficient (Wildman–Crippen LogP) is 3.43. The quantitative estimate of drug-likeness (QED) is 0.921. The highest BCUT2D eigenvalue weighted by Crippen LogP contribution is 2.27. The van der Waals surface area contributed by atoms with Crippen LogP contribution >= 0.6 is 23.2 Å². The van der Waals surface area contributed by atoms with Gasteiger partial charge >= 0.3 is 0 Å². The fourth-order valence-corrected chi connectivity index (χ4v) is 2.40. The van der Waals surface area contributed by atoms with E-state index in [1.54, 1.807) is 18.2 Å². The van der Waals surface area contributed by atoms with Crippen LogP contribution in [-0.2, 0) is 4.79 Å². The van der Waals surface area contributed by atoms with Gasteiger partial charge in [-0.15, -0.1) is 0 Å². The van der Waals surface area contributed by atoms with Crippen molar-refractivity contribution < 1.29 is 9.53 Å². The molecule has 0 heterocycles. The van der Waals surface area contributed by atoms with Crippen molar-refractivity contribution >= 4 is 29.1 Å². The average molecular weight is 288 g/mol. The van der Waals surface area contributed by atoms with Crippen molar-refractivity contribution in [2.24, 2.45) is 0 Å². The fourth-order valence-electron chi connectivity index (χ4n) is 2.07. The van der Waals surface area contributed by atoms with E-state index in [0.717, 1.165) is 12.8 Å². The third kappa shape index (κ3) is 3.79. The van der Waals surface area contributed by atoms with Gasteiger partial charge in [-0.1, -0.05) is 36.0 Å². The smallest absolute Gasteiger partial charge is 0.258 e. The van der Waals surface area contributed by atoms with Crippen molar-refractivity contribution in [3.8, 4) is 5.75 Å². The molecule has 5 heteroatoms. The minimum atomic E-state index is -0.113. The molecule has 0 unspecified atom stereocenters. The van der Waals surface area contributed by atoms with Crippen molar-refractivity contribution in [2.75, 3.05) is 6.61 Å². The first-order chi connectivity index (χ1) is 8.65. The Morgan fingerprint density at radius 3 is 2.78 bits per heavy atom. The third-order valence-corrected chi connectivity index (χ3v) is 3.52. The summed E-state index contributed by atoms with van der Waals surface area (Å²) in [6, 6.07) is 5.23. The minimum Gasteiger partial charge on any atom is -0.482 e. The second kappa shape index (κ2) is 6.30. The van der Waals surface area contributed by atoms with Crippen LogP contribution in [0.5, 0.6) is 5.75 Å². The highest BCUT2D eigenvalue weighted by atomic mass is 35.5. The van der Waals surface area contributed by atoms with E-state index in [1.165, 1.54) is 12.8 Å².